The van der Waals surface area contributed by atoms with Gasteiger partial charge in [-0.1, -0.05) is 18.2 Å². The molecule has 0 unspecified atom stereocenters. The van der Waals surface area contributed by atoms with Crippen LogP contribution >= 0.6 is 0 Å². The largest absolute Gasteiger partial charge is 0.493 e. The van der Waals surface area contributed by atoms with Crippen molar-refractivity contribution >= 4 is 17.7 Å². The topological polar surface area (TPSA) is 56.8 Å². The summed E-state index contributed by atoms with van der Waals surface area (Å²) in [6, 6.07) is 12.8. The number of rotatable bonds is 3. The van der Waals surface area contributed by atoms with Crippen LogP contribution in [0.25, 0.3) is 6.08 Å². The van der Waals surface area contributed by atoms with Crippen molar-refractivity contribution in [1.82, 2.24) is 0 Å². The van der Waals surface area contributed by atoms with Crippen molar-refractivity contribution in [3.8, 4) is 17.2 Å². The molecule has 0 saturated heterocycles. The summed E-state index contributed by atoms with van der Waals surface area (Å²) in [7, 11) is 3.16. The summed E-state index contributed by atoms with van der Waals surface area (Å²) >= 11 is 0. The number of benzene rings is 2. The third-order valence-corrected chi connectivity index (χ3v) is 3.56. The van der Waals surface area contributed by atoms with E-state index in [2.05, 4.69) is 5.32 Å². The van der Waals surface area contributed by atoms with E-state index >= 15 is 0 Å². The van der Waals surface area contributed by atoms with E-state index in [1.807, 2.05) is 36.4 Å². The van der Waals surface area contributed by atoms with Crippen molar-refractivity contribution in [3.63, 3.8) is 0 Å². The average Bonchev–Trinajstić information content (AvgIpc) is 2.74. The Bertz CT molecular complexity index is 767. The Morgan fingerprint density at radius 3 is 2.65 bits per heavy atom. The third-order valence-electron chi connectivity index (χ3n) is 3.56. The minimum atomic E-state index is -0.176. The van der Waals surface area contributed by atoms with Crippen LogP contribution in [0.3, 0.4) is 0 Å². The summed E-state index contributed by atoms with van der Waals surface area (Å²) in [5, 5.41) is 2.86. The van der Waals surface area contributed by atoms with Crippen molar-refractivity contribution in [3.05, 3.63) is 53.6 Å². The molecule has 0 aliphatic carbocycles. The maximum Gasteiger partial charge on any atom is 0.255 e. The summed E-state index contributed by atoms with van der Waals surface area (Å²) in [6.07, 6.45) is 1.78. The van der Waals surface area contributed by atoms with Crippen LogP contribution < -0.4 is 19.5 Å². The lowest BCUT2D eigenvalue weighted by atomic mass is 10.1. The van der Waals surface area contributed by atoms with Gasteiger partial charge in [-0.2, -0.15) is 0 Å². The van der Waals surface area contributed by atoms with Gasteiger partial charge in [0.15, 0.2) is 11.5 Å². The molecule has 0 radical (unpaired) electrons. The lowest BCUT2D eigenvalue weighted by Gasteiger charge is -2.08. The van der Waals surface area contributed by atoms with E-state index in [9.17, 15) is 4.79 Å². The van der Waals surface area contributed by atoms with Crippen LogP contribution in [-0.2, 0) is 4.79 Å². The zero-order valence-corrected chi connectivity index (χ0v) is 13.0. The first-order chi connectivity index (χ1) is 11.2. The summed E-state index contributed by atoms with van der Waals surface area (Å²) in [5.41, 5.74) is 2.05. The highest BCUT2D eigenvalue weighted by atomic mass is 16.5. The van der Waals surface area contributed by atoms with Gasteiger partial charge in [-0.05, 0) is 35.9 Å². The van der Waals surface area contributed by atoms with E-state index in [4.69, 9.17) is 14.2 Å². The van der Waals surface area contributed by atoms with Crippen LogP contribution in [0.5, 0.6) is 17.2 Å². The van der Waals surface area contributed by atoms with Gasteiger partial charge in [0.2, 0.25) is 0 Å². The maximum atomic E-state index is 12.3. The van der Waals surface area contributed by atoms with E-state index < -0.39 is 0 Å². The Balaban J connectivity index is 1.90. The fourth-order valence-electron chi connectivity index (χ4n) is 2.37. The number of carbonyl (C=O) groups excluding carboxylic acids is 1. The van der Waals surface area contributed by atoms with Gasteiger partial charge in [0.1, 0.15) is 12.4 Å². The second-order valence-electron chi connectivity index (χ2n) is 5.02. The Morgan fingerprint density at radius 2 is 1.87 bits per heavy atom. The molecule has 5 heteroatoms. The second-order valence-corrected chi connectivity index (χ2v) is 5.02. The van der Waals surface area contributed by atoms with Gasteiger partial charge in [0.05, 0.1) is 25.5 Å². The lowest BCUT2D eigenvalue weighted by Crippen LogP contribution is -2.15. The average molecular weight is 311 g/mol. The SMILES string of the molecule is COc1ccc(/C=C2\COc3ccccc3NC2=O)cc1OC. The van der Waals surface area contributed by atoms with Gasteiger partial charge in [-0.3, -0.25) is 4.79 Å². The molecule has 118 valence electrons. The number of ether oxygens (including phenoxy) is 3. The molecule has 2 aromatic carbocycles. The van der Waals surface area contributed by atoms with Gasteiger partial charge in [0, 0.05) is 0 Å². The van der Waals surface area contributed by atoms with Gasteiger partial charge in [-0.15, -0.1) is 0 Å². The van der Waals surface area contributed by atoms with E-state index in [0.717, 1.165) is 5.56 Å². The Morgan fingerprint density at radius 1 is 1.09 bits per heavy atom. The standard InChI is InChI=1S/C18H17NO4/c1-21-16-8-7-12(10-17(16)22-2)9-13-11-23-15-6-4-3-5-14(15)19-18(13)20/h3-10H,11H2,1-2H3,(H,19,20)/b13-9+. The Labute approximate surface area is 134 Å². The van der Waals surface area contributed by atoms with Gasteiger partial charge < -0.3 is 19.5 Å². The number of methoxy groups -OCH3 is 2. The van der Waals surface area contributed by atoms with Crippen LogP contribution in [0.4, 0.5) is 5.69 Å². The molecule has 0 atom stereocenters. The van der Waals surface area contributed by atoms with E-state index in [1.54, 1.807) is 26.4 Å². The first-order valence-corrected chi connectivity index (χ1v) is 7.17. The van der Waals surface area contributed by atoms with Crippen LogP contribution in [-0.4, -0.2) is 26.7 Å². The molecule has 2 aromatic rings. The number of carbonyl (C=O) groups is 1. The Kier molecular flexibility index (Phi) is 4.19. The van der Waals surface area contributed by atoms with Crippen molar-refractivity contribution in [2.75, 3.05) is 26.1 Å². The molecule has 1 heterocycles. The van der Waals surface area contributed by atoms with E-state index in [1.165, 1.54) is 0 Å². The molecule has 5 nitrogen and oxygen atoms in total. The molecule has 23 heavy (non-hydrogen) atoms. The van der Waals surface area contributed by atoms with Crippen molar-refractivity contribution in [2.24, 2.45) is 0 Å². The van der Waals surface area contributed by atoms with Crippen molar-refractivity contribution < 1.29 is 19.0 Å². The van der Waals surface area contributed by atoms with Gasteiger partial charge in [-0.25, -0.2) is 0 Å². The van der Waals surface area contributed by atoms with Crippen molar-refractivity contribution in [2.45, 2.75) is 0 Å². The van der Waals surface area contributed by atoms with Gasteiger partial charge in [0.25, 0.3) is 5.91 Å². The highest BCUT2D eigenvalue weighted by Crippen LogP contribution is 2.30. The van der Waals surface area contributed by atoms with Gasteiger partial charge >= 0.3 is 0 Å². The summed E-state index contributed by atoms with van der Waals surface area (Å²) in [6.45, 7) is 0.206. The smallest absolute Gasteiger partial charge is 0.255 e. The van der Waals surface area contributed by atoms with Crippen LogP contribution in [0.2, 0.25) is 0 Å². The molecule has 0 spiro atoms. The predicted octanol–water partition coefficient (Wildman–Crippen LogP) is 3.12. The summed E-state index contributed by atoms with van der Waals surface area (Å²) in [5.74, 6) is 1.74. The fourth-order valence-corrected chi connectivity index (χ4v) is 2.37. The molecule has 1 N–H and O–H groups in total. The minimum absolute atomic E-state index is 0.176. The summed E-state index contributed by atoms with van der Waals surface area (Å²) in [4.78, 5) is 12.3. The third kappa shape index (κ3) is 3.13. The normalized spacial score (nSPS) is 15.2. The highest BCUT2D eigenvalue weighted by molar-refractivity contribution is 6.08. The lowest BCUT2D eigenvalue weighted by molar-refractivity contribution is -0.112. The molecule has 1 aliphatic heterocycles. The second kappa shape index (κ2) is 6.44. The molecule has 0 aromatic heterocycles. The summed E-state index contributed by atoms with van der Waals surface area (Å²) < 4.78 is 16.2. The number of fused-ring (bicyclic) bond motifs is 1. The number of para-hydroxylation sites is 2. The van der Waals surface area contributed by atoms with Crippen LogP contribution in [0.1, 0.15) is 5.56 Å². The first kappa shape index (κ1) is 15.0. The number of nitrogens with one attached hydrogen (secondary N) is 1. The number of hydrogen-bond acceptors (Lipinski definition) is 4. The molecule has 0 bridgehead atoms. The highest BCUT2D eigenvalue weighted by Gasteiger charge is 2.18. The minimum Gasteiger partial charge on any atom is -0.493 e. The molecular formula is C18H17NO4. The Hall–Kier alpha value is -2.95. The molecule has 0 saturated carbocycles. The van der Waals surface area contributed by atoms with Crippen molar-refractivity contribution in [1.29, 1.82) is 0 Å². The zero-order chi connectivity index (χ0) is 16.2. The monoisotopic (exact) mass is 311 g/mol. The quantitative estimate of drug-likeness (QED) is 0.885. The number of amides is 1. The van der Waals surface area contributed by atoms with E-state index in [0.29, 0.717) is 28.5 Å². The zero-order valence-electron chi connectivity index (χ0n) is 13.0. The first-order valence-electron chi connectivity index (χ1n) is 7.17. The van der Waals surface area contributed by atoms with Crippen LogP contribution in [0.15, 0.2) is 48.0 Å². The molecule has 1 aliphatic rings. The number of anilines is 1. The molecule has 0 fully saturated rings. The molecular weight excluding hydrogens is 294 g/mol. The van der Waals surface area contributed by atoms with Crippen LogP contribution in [0, 0.1) is 0 Å². The van der Waals surface area contributed by atoms with E-state index in [-0.39, 0.29) is 12.5 Å². The number of hydrogen-bond donors (Lipinski definition) is 1. The molecule has 3 rings (SSSR count). The maximum absolute atomic E-state index is 12.3. The molecule has 1 amide bonds. The predicted molar refractivity (Wildman–Crippen MR) is 88.1 cm³/mol. The fraction of sp³-hybridized carbons (Fsp3) is 0.167.